The Morgan fingerprint density at radius 3 is 2.38 bits per heavy atom. The van der Waals surface area contributed by atoms with Crippen molar-refractivity contribution >= 4 is 39.9 Å². The molecule has 2 aromatic carbocycles. The van der Waals surface area contributed by atoms with Gasteiger partial charge in [-0.15, -0.1) is 12.4 Å². The number of rotatable bonds is 4. The van der Waals surface area contributed by atoms with Crippen molar-refractivity contribution in [1.29, 1.82) is 0 Å². The second-order valence-electron chi connectivity index (χ2n) is 7.41. The third-order valence-electron chi connectivity index (χ3n) is 5.54. The molecule has 1 amide bonds. The summed E-state index contributed by atoms with van der Waals surface area (Å²) in [6, 6.07) is 13.4. The first-order valence-corrected chi connectivity index (χ1v) is 11.2. The Morgan fingerprint density at radius 2 is 1.76 bits per heavy atom. The van der Waals surface area contributed by atoms with Gasteiger partial charge in [0, 0.05) is 37.8 Å². The van der Waals surface area contributed by atoms with Crippen LogP contribution < -0.4 is 5.14 Å². The SMILES string of the molecule is Cl.NS(=O)(=O)c1cc2c(cc1Cl)CN(C1CCN(Cc3ccccc3)CC1)C2=O. The van der Waals surface area contributed by atoms with Gasteiger partial charge in [0.2, 0.25) is 10.0 Å². The van der Waals surface area contributed by atoms with E-state index in [0.29, 0.717) is 12.1 Å². The van der Waals surface area contributed by atoms with Crippen molar-refractivity contribution in [1.82, 2.24) is 9.80 Å². The molecule has 29 heavy (non-hydrogen) atoms. The minimum absolute atomic E-state index is 0. The van der Waals surface area contributed by atoms with E-state index in [1.807, 2.05) is 23.1 Å². The van der Waals surface area contributed by atoms with E-state index in [0.717, 1.165) is 38.0 Å². The minimum Gasteiger partial charge on any atom is -0.331 e. The lowest BCUT2D eigenvalue weighted by Crippen LogP contribution is -2.44. The summed E-state index contributed by atoms with van der Waals surface area (Å²) >= 11 is 6.07. The molecule has 9 heteroatoms. The van der Waals surface area contributed by atoms with Crippen LogP contribution in [0.4, 0.5) is 0 Å². The van der Waals surface area contributed by atoms with Crippen LogP contribution in [0.3, 0.4) is 0 Å². The number of fused-ring (bicyclic) bond motifs is 1. The number of nitrogens with zero attached hydrogens (tertiary/aromatic N) is 2. The van der Waals surface area contributed by atoms with E-state index in [-0.39, 0.29) is 34.3 Å². The topological polar surface area (TPSA) is 83.7 Å². The highest BCUT2D eigenvalue weighted by Gasteiger charge is 2.35. The highest BCUT2D eigenvalue weighted by atomic mass is 35.5. The van der Waals surface area contributed by atoms with Crippen LogP contribution in [-0.2, 0) is 23.1 Å². The van der Waals surface area contributed by atoms with Gasteiger partial charge in [0.05, 0.1) is 5.02 Å². The number of likely N-dealkylation sites (tertiary alicyclic amines) is 1. The average molecular weight is 456 g/mol. The van der Waals surface area contributed by atoms with E-state index >= 15 is 0 Å². The molecule has 0 radical (unpaired) electrons. The lowest BCUT2D eigenvalue weighted by Gasteiger charge is -2.36. The number of carbonyl (C=O) groups is 1. The monoisotopic (exact) mass is 455 g/mol. The largest absolute Gasteiger partial charge is 0.331 e. The summed E-state index contributed by atoms with van der Waals surface area (Å²) in [5, 5.41) is 5.27. The Kier molecular flexibility index (Phi) is 6.55. The Labute approximate surface area is 182 Å². The zero-order chi connectivity index (χ0) is 19.9. The number of benzene rings is 2. The molecular weight excluding hydrogens is 433 g/mol. The summed E-state index contributed by atoms with van der Waals surface area (Å²) in [6.45, 7) is 3.21. The predicted molar refractivity (Wildman–Crippen MR) is 115 cm³/mol. The molecule has 0 spiro atoms. The van der Waals surface area contributed by atoms with Crippen LogP contribution in [0.15, 0.2) is 47.4 Å². The first-order valence-electron chi connectivity index (χ1n) is 9.25. The van der Waals surface area contributed by atoms with Crippen molar-refractivity contribution in [2.75, 3.05) is 13.1 Å². The average Bonchev–Trinajstić information content (AvgIpc) is 2.97. The van der Waals surface area contributed by atoms with Crippen molar-refractivity contribution in [2.45, 2.75) is 36.9 Å². The number of hydrogen-bond donors (Lipinski definition) is 1. The fourth-order valence-corrected chi connectivity index (χ4v) is 5.20. The lowest BCUT2D eigenvalue weighted by atomic mass is 10.0. The van der Waals surface area contributed by atoms with Gasteiger partial charge < -0.3 is 4.90 Å². The second-order valence-corrected chi connectivity index (χ2v) is 9.35. The zero-order valence-corrected chi connectivity index (χ0v) is 18.1. The van der Waals surface area contributed by atoms with Crippen LogP contribution in [0.1, 0.15) is 34.3 Å². The molecule has 0 saturated carbocycles. The maximum atomic E-state index is 12.9. The molecule has 2 aromatic rings. The Morgan fingerprint density at radius 1 is 1.10 bits per heavy atom. The Balaban J connectivity index is 0.00000240. The highest BCUT2D eigenvalue weighted by molar-refractivity contribution is 7.89. The van der Waals surface area contributed by atoms with Gasteiger partial charge in [0.15, 0.2) is 0 Å². The molecule has 1 saturated heterocycles. The first kappa shape index (κ1) is 22.1. The first-order chi connectivity index (χ1) is 13.3. The summed E-state index contributed by atoms with van der Waals surface area (Å²) in [5.41, 5.74) is 2.44. The van der Waals surface area contributed by atoms with Crippen LogP contribution in [0.25, 0.3) is 0 Å². The molecular formula is C20H23Cl2N3O3S. The van der Waals surface area contributed by atoms with Gasteiger partial charge >= 0.3 is 0 Å². The lowest BCUT2D eigenvalue weighted by molar-refractivity contribution is 0.0590. The van der Waals surface area contributed by atoms with E-state index < -0.39 is 10.0 Å². The van der Waals surface area contributed by atoms with Gasteiger partial charge in [-0.2, -0.15) is 0 Å². The molecule has 1 fully saturated rings. The van der Waals surface area contributed by atoms with Crippen molar-refractivity contribution in [3.8, 4) is 0 Å². The Hall–Kier alpha value is -1.64. The number of hydrogen-bond acceptors (Lipinski definition) is 4. The molecule has 0 aliphatic carbocycles. The molecule has 4 rings (SSSR count). The standard InChI is InChI=1S/C20H22ClN3O3S.ClH/c21-18-10-15-13-24(20(25)17(15)11-19(18)28(22,26)27)16-6-8-23(9-7-16)12-14-4-2-1-3-5-14;/h1-5,10-11,16H,6-9,12-13H2,(H2,22,26,27);1H. The van der Waals surface area contributed by atoms with Crippen LogP contribution in [0, 0.1) is 0 Å². The van der Waals surface area contributed by atoms with E-state index in [1.165, 1.54) is 11.6 Å². The van der Waals surface area contributed by atoms with Gasteiger partial charge in [0.25, 0.3) is 5.91 Å². The van der Waals surface area contributed by atoms with Crippen molar-refractivity contribution in [2.24, 2.45) is 5.14 Å². The van der Waals surface area contributed by atoms with E-state index in [2.05, 4.69) is 17.0 Å². The highest BCUT2D eigenvalue weighted by Crippen LogP contribution is 2.33. The van der Waals surface area contributed by atoms with E-state index in [9.17, 15) is 13.2 Å². The quantitative estimate of drug-likeness (QED) is 0.767. The maximum absolute atomic E-state index is 12.9. The normalized spacial score (nSPS) is 17.9. The second kappa shape index (κ2) is 8.62. The van der Waals surface area contributed by atoms with Crippen LogP contribution >= 0.6 is 24.0 Å². The third-order valence-corrected chi connectivity index (χ3v) is 6.92. The minimum atomic E-state index is -3.97. The number of primary sulfonamides is 1. The molecule has 2 aliphatic heterocycles. The molecule has 0 atom stereocenters. The molecule has 2 N–H and O–H groups in total. The van der Waals surface area contributed by atoms with Crippen LogP contribution in [0.2, 0.25) is 5.02 Å². The number of carbonyl (C=O) groups excluding carboxylic acids is 1. The number of piperidine rings is 1. The fraction of sp³-hybridized carbons (Fsp3) is 0.350. The van der Waals surface area contributed by atoms with Gasteiger partial charge in [-0.05, 0) is 36.1 Å². The fourth-order valence-electron chi connectivity index (χ4n) is 4.08. The van der Waals surface area contributed by atoms with Crippen molar-refractivity contribution in [3.05, 3.63) is 64.2 Å². The van der Waals surface area contributed by atoms with Crippen molar-refractivity contribution in [3.63, 3.8) is 0 Å². The third kappa shape index (κ3) is 4.59. The van der Waals surface area contributed by atoms with Crippen molar-refractivity contribution < 1.29 is 13.2 Å². The summed E-state index contributed by atoms with van der Waals surface area (Å²) < 4.78 is 23.4. The smallest absolute Gasteiger partial charge is 0.254 e. The molecule has 2 heterocycles. The number of halogens is 2. The molecule has 6 nitrogen and oxygen atoms in total. The summed E-state index contributed by atoms with van der Waals surface area (Å²) in [6.07, 6.45) is 1.78. The summed E-state index contributed by atoms with van der Waals surface area (Å²) in [7, 11) is -3.97. The van der Waals surface area contributed by atoms with Gasteiger partial charge in [-0.1, -0.05) is 41.9 Å². The maximum Gasteiger partial charge on any atom is 0.254 e. The molecule has 156 valence electrons. The molecule has 0 bridgehead atoms. The molecule has 0 aromatic heterocycles. The van der Waals surface area contributed by atoms with Crippen LogP contribution in [-0.4, -0.2) is 43.3 Å². The summed E-state index contributed by atoms with van der Waals surface area (Å²) in [4.78, 5) is 16.9. The van der Waals surface area contributed by atoms with Crippen LogP contribution in [0.5, 0.6) is 0 Å². The summed E-state index contributed by atoms with van der Waals surface area (Å²) in [5.74, 6) is -0.141. The Bertz CT molecular complexity index is 1010. The number of nitrogens with two attached hydrogens (primary N) is 1. The van der Waals surface area contributed by atoms with E-state index in [4.69, 9.17) is 16.7 Å². The zero-order valence-electron chi connectivity index (χ0n) is 15.8. The van der Waals surface area contributed by atoms with Gasteiger partial charge in [0.1, 0.15) is 4.90 Å². The predicted octanol–water partition coefficient (Wildman–Crippen LogP) is 3.03. The van der Waals surface area contributed by atoms with Gasteiger partial charge in [-0.25, -0.2) is 13.6 Å². The van der Waals surface area contributed by atoms with Gasteiger partial charge in [-0.3, -0.25) is 9.69 Å². The molecule has 0 unspecified atom stereocenters. The van der Waals surface area contributed by atoms with E-state index in [1.54, 1.807) is 6.07 Å². The molecule has 2 aliphatic rings. The number of amides is 1. The number of sulfonamides is 1.